The molecular weight excluding hydrogens is 240 g/mol. The molecule has 1 aromatic carbocycles. The van der Waals surface area contributed by atoms with Crippen LogP contribution in [0, 0.1) is 0 Å². The van der Waals surface area contributed by atoms with Crippen molar-refractivity contribution in [2.24, 2.45) is 0 Å². The number of rotatable bonds is 1. The zero-order chi connectivity index (χ0) is 9.42. The summed E-state index contributed by atoms with van der Waals surface area (Å²) in [5.41, 5.74) is 0. The van der Waals surface area contributed by atoms with Crippen molar-refractivity contribution in [3.8, 4) is 0 Å². The zero-order valence-corrected chi connectivity index (χ0v) is 10.2. The normalized spacial score (nSPS) is 11.0. The second-order valence-electron chi connectivity index (χ2n) is 2.58. The van der Waals surface area contributed by atoms with Gasteiger partial charge in [-0.1, -0.05) is 11.6 Å². The molecule has 2 rings (SSSR count). The van der Waals surface area contributed by atoms with Gasteiger partial charge >= 0.3 is 0 Å². The van der Waals surface area contributed by atoms with Crippen LogP contribution in [0.15, 0.2) is 27.3 Å². The van der Waals surface area contributed by atoms with Crippen molar-refractivity contribution >= 4 is 57.4 Å². The van der Waals surface area contributed by atoms with E-state index in [1.165, 1.54) is 4.70 Å². The number of halogens is 1. The van der Waals surface area contributed by atoms with E-state index in [1.807, 2.05) is 11.6 Å². The molecule has 0 atom stereocenters. The SMILES string of the molecule is CSc1ccc2scc(S)c2c1Cl. The number of hydrogen-bond donors (Lipinski definition) is 1. The molecule has 0 amide bonds. The molecule has 0 nitrogen and oxygen atoms in total. The van der Waals surface area contributed by atoms with Crippen molar-refractivity contribution in [3.05, 3.63) is 22.5 Å². The third-order valence-electron chi connectivity index (χ3n) is 1.84. The van der Waals surface area contributed by atoms with Gasteiger partial charge < -0.3 is 0 Å². The monoisotopic (exact) mass is 246 g/mol. The highest BCUT2D eigenvalue weighted by molar-refractivity contribution is 7.98. The Morgan fingerprint density at radius 1 is 1.46 bits per heavy atom. The number of thiophene rings is 1. The Labute approximate surface area is 95.7 Å². The highest BCUT2D eigenvalue weighted by Gasteiger charge is 2.08. The van der Waals surface area contributed by atoms with Gasteiger partial charge in [-0.3, -0.25) is 0 Å². The van der Waals surface area contributed by atoms with Crippen LogP contribution in [0.25, 0.3) is 10.1 Å². The molecule has 0 radical (unpaired) electrons. The van der Waals surface area contributed by atoms with Gasteiger partial charge in [-0.2, -0.15) is 0 Å². The zero-order valence-electron chi connectivity index (χ0n) is 6.87. The van der Waals surface area contributed by atoms with Crippen LogP contribution in [0.3, 0.4) is 0 Å². The van der Waals surface area contributed by atoms with Gasteiger partial charge in [-0.15, -0.1) is 35.7 Å². The fourth-order valence-corrected chi connectivity index (χ4v) is 3.62. The van der Waals surface area contributed by atoms with E-state index in [1.54, 1.807) is 23.1 Å². The molecule has 0 aliphatic carbocycles. The maximum atomic E-state index is 6.23. The molecule has 68 valence electrons. The summed E-state index contributed by atoms with van der Waals surface area (Å²) in [4.78, 5) is 2.09. The number of fused-ring (bicyclic) bond motifs is 1. The van der Waals surface area contributed by atoms with E-state index in [2.05, 4.69) is 24.8 Å². The minimum Gasteiger partial charge on any atom is -0.143 e. The topological polar surface area (TPSA) is 0 Å². The van der Waals surface area contributed by atoms with E-state index in [0.717, 1.165) is 20.2 Å². The molecule has 0 unspecified atom stereocenters. The molecule has 0 aliphatic rings. The number of benzene rings is 1. The predicted molar refractivity (Wildman–Crippen MR) is 65.9 cm³/mol. The van der Waals surface area contributed by atoms with E-state index in [9.17, 15) is 0 Å². The first-order chi connectivity index (χ1) is 6.24. The smallest absolute Gasteiger partial charge is 0.0639 e. The second kappa shape index (κ2) is 3.73. The third kappa shape index (κ3) is 1.59. The largest absolute Gasteiger partial charge is 0.143 e. The number of thioether (sulfide) groups is 1. The molecule has 2 aromatic rings. The van der Waals surface area contributed by atoms with Gasteiger partial charge in [-0.05, 0) is 18.4 Å². The fourth-order valence-electron chi connectivity index (χ4n) is 1.21. The Kier molecular flexibility index (Phi) is 2.79. The molecule has 0 N–H and O–H groups in total. The van der Waals surface area contributed by atoms with Gasteiger partial charge in [0.05, 0.1) is 5.02 Å². The quantitative estimate of drug-likeness (QED) is 0.568. The van der Waals surface area contributed by atoms with Crippen LogP contribution in [-0.4, -0.2) is 6.26 Å². The molecule has 1 heterocycles. The van der Waals surface area contributed by atoms with E-state index in [4.69, 9.17) is 11.6 Å². The average molecular weight is 247 g/mol. The molecule has 13 heavy (non-hydrogen) atoms. The standard InChI is InChI=1S/C9H7ClS3/c1-12-7-3-2-6-8(9(7)10)5(11)4-13-6/h2-4,11H,1H3. The minimum atomic E-state index is 0.830. The van der Waals surface area contributed by atoms with Gasteiger partial charge in [0.2, 0.25) is 0 Å². The molecule has 0 saturated heterocycles. The van der Waals surface area contributed by atoms with Crippen molar-refractivity contribution in [2.75, 3.05) is 6.26 Å². The molecule has 0 spiro atoms. The Balaban J connectivity index is 2.83. The van der Waals surface area contributed by atoms with Crippen molar-refractivity contribution in [3.63, 3.8) is 0 Å². The van der Waals surface area contributed by atoms with Crippen molar-refractivity contribution in [1.29, 1.82) is 0 Å². The molecule has 0 saturated carbocycles. The molecular formula is C9H7ClS3. The summed E-state index contributed by atoms with van der Waals surface area (Å²) in [5.74, 6) is 0. The highest BCUT2D eigenvalue weighted by atomic mass is 35.5. The number of thiol groups is 1. The van der Waals surface area contributed by atoms with Crippen molar-refractivity contribution in [1.82, 2.24) is 0 Å². The van der Waals surface area contributed by atoms with Crippen molar-refractivity contribution in [2.45, 2.75) is 9.79 Å². The van der Waals surface area contributed by atoms with E-state index in [0.29, 0.717) is 0 Å². The minimum absolute atomic E-state index is 0.830. The van der Waals surface area contributed by atoms with Gasteiger partial charge in [0.1, 0.15) is 0 Å². The number of hydrogen-bond acceptors (Lipinski definition) is 3. The lowest BCUT2D eigenvalue weighted by Gasteiger charge is -2.01. The first kappa shape index (κ1) is 9.71. The lowest BCUT2D eigenvalue weighted by Crippen LogP contribution is -1.74. The van der Waals surface area contributed by atoms with Crippen molar-refractivity contribution < 1.29 is 0 Å². The summed E-state index contributed by atoms with van der Waals surface area (Å²) in [5, 5.41) is 3.93. The van der Waals surface area contributed by atoms with E-state index in [-0.39, 0.29) is 0 Å². The summed E-state index contributed by atoms with van der Waals surface area (Å²) in [6.45, 7) is 0. The van der Waals surface area contributed by atoms with E-state index >= 15 is 0 Å². The molecule has 0 fully saturated rings. The van der Waals surface area contributed by atoms with Gasteiger partial charge in [0.15, 0.2) is 0 Å². The molecule has 4 heteroatoms. The Morgan fingerprint density at radius 3 is 2.92 bits per heavy atom. The van der Waals surface area contributed by atoms with Crippen LogP contribution in [0.2, 0.25) is 5.02 Å². The summed E-state index contributed by atoms with van der Waals surface area (Å²) < 4.78 is 1.20. The first-order valence-corrected chi connectivity index (χ1v) is 6.59. The molecule has 1 aromatic heterocycles. The summed E-state index contributed by atoms with van der Waals surface area (Å²) in [7, 11) is 0. The Hall–Kier alpha value is 0.170. The summed E-state index contributed by atoms with van der Waals surface area (Å²) >= 11 is 13.9. The first-order valence-electron chi connectivity index (χ1n) is 3.66. The van der Waals surface area contributed by atoms with Gasteiger partial charge in [0, 0.05) is 25.3 Å². The van der Waals surface area contributed by atoms with Gasteiger partial charge in [0.25, 0.3) is 0 Å². The van der Waals surface area contributed by atoms with Gasteiger partial charge in [-0.25, -0.2) is 0 Å². The lowest BCUT2D eigenvalue weighted by molar-refractivity contribution is 1.50. The van der Waals surface area contributed by atoms with Crippen LogP contribution in [0.5, 0.6) is 0 Å². The molecule has 0 bridgehead atoms. The summed E-state index contributed by atoms with van der Waals surface area (Å²) in [6, 6.07) is 4.15. The Bertz CT molecular complexity index is 447. The second-order valence-corrected chi connectivity index (χ2v) is 5.19. The van der Waals surface area contributed by atoms with Crippen LogP contribution in [0.4, 0.5) is 0 Å². The van der Waals surface area contributed by atoms with Crippen LogP contribution in [-0.2, 0) is 0 Å². The lowest BCUT2D eigenvalue weighted by atomic mass is 10.3. The molecule has 0 aliphatic heterocycles. The van der Waals surface area contributed by atoms with E-state index < -0.39 is 0 Å². The van der Waals surface area contributed by atoms with Crippen LogP contribution in [0.1, 0.15) is 0 Å². The fraction of sp³-hybridized carbons (Fsp3) is 0.111. The van der Waals surface area contributed by atoms with Crippen LogP contribution < -0.4 is 0 Å². The Morgan fingerprint density at radius 2 is 2.23 bits per heavy atom. The maximum Gasteiger partial charge on any atom is 0.0639 e. The average Bonchev–Trinajstić information content (AvgIpc) is 2.49. The predicted octanol–water partition coefficient (Wildman–Crippen LogP) is 4.57. The van der Waals surface area contributed by atoms with Crippen LogP contribution >= 0.6 is 47.3 Å². The third-order valence-corrected chi connectivity index (χ3v) is 4.60. The summed E-state index contributed by atoms with van der Waals surface area (Å²) in [6.07, 6.45) is 2.03. The highest BCUT2D eigenvalue weighted by Crippen LogP contribution is 2.39. The maximum absolute atomic E-state index is 6.23.